The van der Waals surface area contributed by atoms with Gasteiger partial charge in [0.15, 0.2) is 16.1 Å². The van der Waals surface area contributed by atoms with Crippen LogP contribution in [0, 0.1) is 4.91 Å². The van der Waals surface area contributed by atoms with Gasteiger partial charge in [0, 0.05) is 12.2 Å². The molecule has 0 aliphatic heterocycles. The number of thioether (sulfide) groups is 1. The second-order valence-corrected chi connectivity index (χ2v) is 7.15. The predicted octanol–water partition coefficient (Wildman–Crippen LogP) is 0.574. The number of nitrogens with two attached hydrogens (primary N) is 1. The molecule has 0 spiro atoms. The molecule has 0 amide bonds. The first-order valence-electron chi connectivity index (χ1n) is 8.11. The molecule has 0 saturated heterocycles. The van der Waals surface area contributed by atoms with Crippen molar-refractivity contribution in [2.45, 2.75) is 49.3 Å². The summed E-state index contributed by atoms with van der Waals surface area (Å²) >= 11 is 7.39. The topological polar surface area (TPSA) is 154 Å². The van der Waals surface area contributed by atoms with Gasteiger partial charge in [-0.15, -0.1) is 4.91 Å². The molecular formula is C14H22ClN5O5S. The van der Waals surface area contributed by atoms with Crippen molar-refractivity contribution in [3.05, 3.63) is 10.1 Å². The first kappa shape index (κ1) is 21.1. The van der Waals surface area contributed by atoms with Crippen molar-refractivity contribution < 1.29 is 20.1 Å². The van der Waals surface area contributed by atoms with Crippen LogP contribution in [-0.2, 0) is 4.74 Å². The number of nitrogens with zero attached hydrogens (tertiary/aromatic N) is 4. The molecule has 4 atom stereocenters. The lowest BCUT2D eigenvalue weighted by atomic mass is 10.2. The normalized spacial score (nSPS) is 25.4. The van der Waals surface area contributed by atoms with Crippen LogP contribution in [0.25, 0.3) is 0 Å². The van der Waals surface area contributed by atoms with E-state index >= 15 is 0 Å². The minimum absolute atomic E-state index is 0.00500. The maximum atomic E-state index is 11.5. The van der Waals surface area contributed by atoms with Crippen LogP contribution < -0.4 is 10.7 Å². The maximum absolute atomic E-state index is 11.5. The van der Waals surface area contributed by atoms with Crippen molar-refractivity contribution in [2.24, 2.45) is 5.29 Å². The quantitative estimate of drug-likeness (QED) is 0.150. The van der Waals surface area contributed by atoms with Gasteiger partial charge in [-0.3, -0.25) is 0 Å². The molecule has 1 heterocycles. The van der Waals surface area contributed by atoms with Crippen LogP contribution in [0.2, 0.25) is 5.15 Å². The largest absolute Gasteiger partial charge is 0.394 e. The zero-order valence-corrected chi connectivity index (χ0v) is 15.7. The molecular weight excluding hydrogens is 386 g/mol. The van der Waals surface area contributed by atoms with E-state index < -0.39 is 24.4 Å². The van der Waals surface area contributed by atoms with E-state index in [4.69, 9.17) is 27.2 Å². The Morgan fingerprint density at radius 1 is 1.42 bits per heavy atom. The van der Waals surface area contributed by atoms with Crippen LogP contribution in [0.5, 0.6) is 0 Å². The third-order valence-corrected chi connectivity index (χ3v) is 5.28. The molecule has 12 heteroatoms. The number of nitroso groups, excluding NO2 is 1. The predicted molar refractivity (Wildman–Crippen MR) is 98.0 cm³/mol. The number of hydrogen-bond acceptors (Lipinski definition) is 10. The minimum Gasteiger partial charge on any atom is -0.394 e. The number of aromatic nitrogens is 2. The second kappa shape index (κ2) is 9.62. The van der Waals surface area contributed by atoms with Crippen LogP contribution in [0.1, 0.15) is 19.8 Å². The number of hydrogen-bond donors (Lipinski definition) is 4. The average Bonchev–Trinajstić information content (AvgIpc) is 2.91. The first-order chi connectivity index (χ1) is 12.4. The first-order valence-corrected chi connectivity index (χ1v) is 9.47. The summed E-state index contributed by atoms with van der Waals surface area (Å²) in [6.07, 6.45) is -2.36. The Bertz CT molecular complexity index is 628. The number of anilines is 2. The summed E-state index contributed by atoms with van der Waals surface area (Å²) in [6, 6.07) is -0.913. The van der Waals surface area contributed by atoms with E-state index in [0.717, 1.165) is 17.2 Å². The highest BCUT2D eigenvalue weighted by Gasteiger charge is 2.46. The van der Waals surface area contributed by atoms with E-state index in [1.54, 1.807) is 0 Å². The molecule has 1 aliphatic rings. The fourth-order valence-corrected chi connectivity index (χ4v) is 3.59. The fraction of sp³-hybridized carbons (Fsp3) is 0.714. The van der Waals surface area contributed by atoms with Gasteiger partial charge in [-0.25, -0.2) is 15.0 Å². The minimum atomic E-state index is -1.32. The van der Waals surface area contributed by atoms with Crippen LogP contribution in [-0.4, -0.2) is 68.6 Å². The maximum Gasteiger partial charge on any atom is 0.191 e. The fourth-order valence-electron chi connectivity index (χ4n) is 2.68. The standard InChI is InChI=1S/C14H22ClN5O5S/c1-2-5-26-14-17-12(15)9(16)13(18-14)20(19-24)7-6-8(25-4-3-21)11(23)10(7)22/h7-8,10-11,21-23H,2-6,16H2,1H3/t7-,8+,10+,11-/m1/s1. The van der Waals surface area contributed by atoms with Crippen molar-refractivity contribution >= 4 is 34.9 Å². The summed E-state index contributed by atoms with van der Waals surface area (Å²) in [5.74, 6) is 0.716. The number of nitrogen functional groups attached to an aromatic ring is 1. The molecule has 2 rings (SSSR count). The molecule has 1 aliphatic carbocycles. The van der Waals surface area contributed by atoms with Crippen molar-refractivity contribution in [3.63, 3.8) is 0 Å². The Morgan fingerprint density at radius 2 is 2.15 bits per heavy atom. The molecule has 0 bridgehead atoms. The Hall–Kier alpha value is -1.24. The Morgan fingerprint density at radius 3 is 2.77 bits per heavy atom. The van der Waals surface area contributed by atoms with E-state index in [1.807, 2.05) is 6.92 Å². The Balaban J connectivity index is 2.30. The summed E-state index contributed by atoms with van der Waals surface area (Å²) in [5.41, 5.74) is 5.86. The highest BCUT2D eigenvalue weighted by atomic mass is 35.5. The van der Waals surface area contributed by atoms with Gasteiger partial charge in [0.05, 0.1) is 30.6 Å². The third-order valence-electron chi connectivity index (χ3n) is 3.93. The van der Waals surface area contributed by atoms with Gasteiger partial charge in [0.25, 0.3) is 0 Å². The van der Waals surface area contributed by atoms with Gasteiger partial charge in [-0.1, -0.05) is 30.3 Å². The monoisotopic (exact) mass is 407 g/mol. The van der Waals surface area contributed by atoms with E-state index in [0.29, 0.717) is 5.16 Å². The molecule has 5 N–H and O–H groups in total. The molecule has 0 radical (unpaired) electrons. The highest BCUT2D eigenvalue weighted by Crippen LogP contribution is 2.36. The summed E-state index contributed by atoms with van der Waals surface area (Å²) in [4.78, 5) is 19.8. The lowest BCUT2D eigenvalue weighted by molar-refractivity contribution is -0.0616. The van der Waals surface area contributed by atoms with Crippen molar-refractivity contribution in [1.29, 1.82) is 0 Å². The summed E-state index contributed by atoms with van der Waals surface area (Å²) in [5, 5.41) is 33.4. The second-order valence-electron chi connectivity index (χ2n) is 5.73. The molecule has 1 saturated carbocycles. The van der Waals surface area contributed by atoms with Gasteiger partial charge in [-0.05, 0) is 6.42 Å². The average molecular weight is 408 g/mol. The molecule has 26 heavy (non-hydrogen) atoms. The Kier molecular flexibility index (Phi) is 7.80. The summed E-state index contributed by atoms with van der Waals surface area (Å²) in [7, 11) is 0. The van der Waals surface area contributed by atoms with Gasteiger partial charge in [0.2, 0.25) is 0 Å². The molecule has 1 fully saturated rings. The van der Waals surface area contributed by atoms with Crippen molar-refractivity contribution in [2.75, 3.05) is 29.7 Å². The summed E-state index contributed by atoms with van der Waals surface area (Å²) < 4.78 is 5.30. The zero-order chi connectivity index (χ0) is 19.3. The highest BCUT2D eigenvalue weighted by molar-refractivity contribution is 7.99. The molecule has 146 valence electrons. The zero-order valence-electron chi connectivity index (χ0n) is 14.2. The lowest BCUT2D eigenvalue weighted by Gasteiger charge is -2.25. The number of aliphatic hydroxyl groups is 3. The van der Waals surface area contributed by atoms with E-state index in [1.165, 1.54) is 11.8 Å². The van der Waals surface area contributed by atoms with E-state index in [9.17, 15) is 15.1 Å². The van der Waals surface area contributed by atoms with Crippen LogP contribution >= 0.6 is 23.4 Å². The van der Waals surface area contributed by atoms with Crippen LogP contribution in [0.3, 0.4) is 0 Å². The molecule has 0 unspecified atom stereocenters. The lowest BCUT2D eigenvalue weighted by Crippen LogP contribution is -2.41. The van der Waals surface area contributed by atoms with E-state index in [2.05, 4.69) is 15.3 Å². The number of halogens is 1. The van der Waals surface area contributed by atoms with E-state index in [-0.39, 0.29) is 36.3 Å². The van der Waals surface area contributed by atoms with Crippen molar-refractivity contribution in [1.82, 2.24) is 9.97 Å². The third kappa shape index (κ3) is 4.53. The van der Waals surface area contributed by atoms with Gasteiger partial charge in [0.1, 0.15) is 17.9 Å². The molecule has 10 nitrogen and oxygen atoms in total. The summed E-state index contributed by atoms with van der Waals surface area (Å²) in [6.45, 7) is 1.76. The molecule has 0 aromatic carbocycles. The molecule has 1 aromatic heterocycles. The number of rotatable bonds is 9. The van der Waals surface area contributed by atoms with Gasteiger partial charge < -0.3 is 25.8 Å². The smallest absolute Gasteiger partial charge is 0.191 e. The van der Waals surface area contributed by atoms with Crippen LogP contribution in [0.15, 0.2) is 10.4 Å². The van der Waals surface area contributed by atoms with Crippen LogP contribution in [0.4, 0.5) is 11.5 Å². The number of aliphatic hydroxyl groups excluding tert-OH is 3. The van der Waals surface area contributed by atoms with Crippen molar-refractivity contribution in [3.8, 4) is 0 Å². The SMILES string of the molecule is CCCSc1nc(Cl)c(N)c(N(N=O)[C@@H]2C[C@H](OCCO)[C@@H](O)[C@H]2O)n1. The van der Waals surface area contributed by atoms with Gasteiger partial charge >= 0.3 is 0 Å². The molecule has 1 aromatic rings. The Labute approximate surface area is 159 Å². The van der Waals surface area contributed by atoms with Gasteiger partial charge in [-0.2, -0.15) is 0 Å². The number of ether oxygens (including phenoxy) is 1.